The van der Waals surface area contributed by atoms with Gasteiger partial charge in [0.05, 0.1) is 18.0 Å². The SMILES string of the molecule is C=C(N)/N=C\C(CCC)=N/CC#N. The molecule has 0 aromatic carbocycles. The molecule has 4 heteroatoms. The third-order valence-electron chi connectivity index (χ3n) is 1.24. The Kier molecular flexibility index (Phi) is 6.16. The van der Waals surface area contributed by atoms with Gasteiger partial charge in [0.2, 0.25) is 0 Å². The Morgan fingerprint density at radius 1 is 1.69 bits per heavy atom. The molecule has 70 valence electrons. The molecule has 0 aromatic rings. The zero-order valence-corrected chi connectivity index (χ0v) is 7.82. The number of rotatable bonds is 5. The van der Waals surface area contributed by atoms with Gasteiger partial charge >= 0.3 is 0 Å². The molecule has 0 rings (SSSR count). The van der Waals surface area contributed by atoms with E-state index >= 15 is 0 Å². The van der Waals surface area contributed by atoms with Crippen LogP contribution < -0.4 is 5.73 Å². The van der Waals surface area contributed by atoms with E-state index in [9.17, 15) is 0 Å². The van der Waals surface area contributed by atoms with Crippen LogP contribution in [0.4, 0.5) is 0 Å². The largest absolute Gasteiger partial charge is 0.384 e. The summed E-state index contributed by atoms with van der Waals surface area (Å²) in [6, 6.07) is 1.94. The average Bonchev–Trinajstić information content (AvgIpc) is 2.09. The smallest absolute Gasteiger partial charge is 0.126 e. The Bertz CT molecular complexity index is 257. The van der Waals surface area contributed by atoms with Crippen LogP contribution in [-0.4, -0.2) is 18.5 Å². The Labute approximate surface area is 78.5 Å². The summed E-state index contributed by atoms with van der Waals surface area (Å²) >= 11 is 0. The summed E-state index contributed by atoms with van der Waals surface area (Å²) in [5, 5.41) is 8.32. The fourth-order valence-electron chi connectivity index (χ4n) is 0.735. The highest BCUT2D eigenvalue weighted by molar-refractivity contribution is 6.30. The van der Waals surface area contributed by atoms with E-state index in [4.69, 9.17) is 11.0 Å². The van der Waals surface area contributed by atoms with Gasteiger partial charge in [-0.25, -0.2) is 4.99 Å². The summed E-state index contributed by atoms with van der Waals surface area (Å²) in [5.74, 6) is 0.251. The topological polar surface area (TPSA) is 74.5 Å². The van der Waals surface area contributed by atoms with E-state index in [-0.39, 0.29) is 12.4 Å². The van der Waals surface area contributed by atoms with Crippen LogP contribution in [0, 0.1) is 11.3 Å². The second-order valence-corrected chi connectivity index (χ2v) is 2.47. The Hall–Kier alpha value is -1.63. The van der Waals surface area contributed by atoms with Gasteiger partial charge in [0.1, 0.15) is 12.4 Å². The second kappa shape index (κ2) is 7.04. The van der Waals surface area contributed by atoms with Gasteiger partial charge in [-0.15, -0.1) is 0 Å². The molecule has 0 aromatic heterocycles. The first-order valence-electron chi connectivity index (χ1n) is 4.09. The van der Waals surface area contributed by atoms with Crippen molar-refractivity contribution in [2.24, 2.45) is 15.7 Å². The Morgan fingerprint density at radius 2 is 2.38 bits per heavy atom. The van der Waals surface area contributed by atoms with Crippen LogP contribution in [0.15, 0.2) is 22.4 Å². The van der Waals surface area contributed by atoms with Gasteiger partial charge in [0, 0.05) is 0 Å². The molecule has 0 heterocycles. The molecule has 0 fully saturated rings. The lowest BCUT2D eigenvalue weighted by atomic mass is 10.2. The number of nitrogens with two attached hydrogens (primary N) is 1. The first kappa shape index (κ1) is 11.4. The number of nitrogens with zero attached hydrogens (tertiary/aromatic N) is 3. The lowest BCUT2D eigenvalue weighted by molar-refractivity contribution is 0.993. The van der Waals surface area contributed by atoms with E-state index in [2.05, 4.69) is 16.6 Å². The average molecular weight is 178 g/mol. The van der Waals surface area contributed by atoms with Gasteiger partial charge in [-0.2, -0.15) is 5.26 Å². The van der Waals surface area contributed by atoms with E-state index in [1.54, 1.807) is 6.21 Å². The predicted octanol–water partition coefficient (Wildman–Crippen LogP) is 1.25. The minimum absolute atomic E-state index is 0.165. The zero-order chi connectivity index (χ0) is 10.1. The van der Waals surface area contributed by atoms with Gasteiger partial charge < -0.3 is 5.73 Å². The van der Waals surface area contributed by atoms with Gasteiger partial charge in [-0.1, -0.05) is 19.9 Å². The normalized spacial score (nSPS) is 11.5. The molecular weight excluding hydrogens is 164 g/mol. The van der Waals surface area contributed by atoms with E-state index in [0.29, 0.717) is 0 Å². The van der Waals surface area contributed by atoms with Crippen LogP contribution in [0.2, 0.25) is 0 Å². The lowest BCUT2D eigenvalue weighted by Crippen LogP contribution is -2.02. The third kappa shape index (κ3) is 6.76. The maximum atomic E-state index is 8.32. The minimum atomic E-state index is 0.165. The highest BCUT2D eigenvalue weighted by Crippen LogP contribution is 1.91. The number of hydrogen-bond donors (Lipinski definition) is 1. The summed E-state index contributed by atoms with van der Waals surface area (Å²) in [6.07, 6.45) is 3.33. The summed E-state index contributed by atoms with van der Waals surface area (Å²) < 4.78 is 0. The van der Waals surface area contributed by atoms with E-state index < -0.39 is 0 Å². The minimum Gasteiger partial charge on any atom is -0.384 e. The highest BCUT2D eigenvalue weighted by atomic mass is 14.9. The maximum Gasteiger partial charge on any atom is 0.126 e. The molecule has 0 aliphatic heterocycles. The molecule has 0 amide bonds. The fraction of sp³-hybridized carbons (Fsp3) is 0.444. The van der Waals surface area contributed by atoms with Crippen molar-refractivity contribution in [2.75, 3.05) is 6.54 Å². The highest BCUT2D eigenvalue weighted by Gasteiger charge is 1.92. The first-order chi connectivity index (χ1) is 6.20. The molecule has 0 bridgehead atoms. The monoisotopic (exact) mass is 178 g/mol. The Balaban J connectivity index is 4.26. The number of aliphatic imine (C=N–C) groups is 2. The summed E-state index contributed by atoms with van der Waals surface area (Å²) in [7, 11) is 0. The van der Waals surface area contributed by atoms with Gasteiger partial charge in [0.25, 0.3) is 0 Å². The number of nitriles is 1. The van der Waals surface area contributed by atoms with Gasteiger partial charge in [0.15, 0.2) is 0 Å². The van der Waals surface area contributed by atoms with Crippen molar-refractivity contribution >= 4 is 11.9 Å². The van der Waals surface area contributed by atoms with Crippen LogP contribution in [0.5, 0.6) is 0 Å². The van der Waals surface area contributed by atoms with Crippen LogP contribution in [0.1, 0.15) is 19.8 Å². The molecule has 0 atom stereocenters. The second-order valence-electron chi connectivity index (χ2n) is 2.47. The van der Waals surface area contributed by atoms with Crippen molar-refractivity contribution in [3.05, 3.63) is 12.4 Å². The zero-order valence-electron chi connectivity index (χ0n) is 7.82. The molecule has 0 saturated carbocycles. The summed E-state index contributed by atoms with van der Waals surface area (Å²) in [6.45, 7) is 5.63. The van der Waals surface area contributed by atoms with Crippen molar-refractivity contribution in [1.82, 2.24) is 0 Å². The fourth-order valence-corrected chi connectivity index (χ4v) is 0.735. The van der Waals surface area contributed by atoms with Crippen molar-refractivity contribution in [2.45, 2.75) is 19.8 Å². The molecular formula is C9H14N4. The molecule has 4 nitrogen and oxygen atoms in total. The van der Waals surface area contributed by atoms with Gasteiger partial charge in [-0.3, -0.25) is 4.99 Å². The molecule has 0 radical (unpaired) electrons. The van der Waals surface area contributed by atoms with Crippen LogP contribution in [-0.2, 0) is 0 Å². The summed E-state index contributed by atoms with van der Waals surface area (Å²) in [5.41, 5.74) is 6.04. The van der Waals surface area contributed by atoms with Crippen LogP contribution in [0.3, 0.4) is 0 Å². The quantitative estimate of drug-likeness (QED) is 0.508. The molecule has 2 N–H and O–H groups in total. The summed E-state index contributed by atoms with van der Waals surface area (Å²) in [4.78, 5) is 7.83. The van der Waals surface area contributed by atoms with Crippen molar-refractivity contribution in [3.63, 3.8) is 0 Å². The molecule has 0 aliphatic rings. The van der Waals surface area contributed by atoms with E-state index in [1.165, 1.54) is 0 Å². The first-order valence-corrected chi connectivity index (χ1v) is 4.09. The van der Waals surface area contributed by atoms with E-state index in [0.717, 1.165) is 18.6 Å². The number of hydrogen-bond acceptors (Lipinski definition) is 4. The molecule has 0 aliphatic carbocycles. The van der Waals surface area contributed by atoms with Gasteiger partial charge in [-0.05, 0) is 6.42 Å². The van der Waals surface area contributed by atoms with Crippen molar-refractivity contribution in [3.8, 4) is 6.07 Å². The molecule has 0 unspecified atom stereocenters. The van der Waals surface area contributed by atoms with E-state index in [1.807, 2.05) is 13.0 Å². The van der Waals surface area contributed by atoms with Crippen molar-refractivity contribution in [1.29, 1.82) is 5.26 Å². The standard InChI is InChI=1S/C9H14N4/c1-3-4-9(12-6-5-10)7-13-8(2)11/h7H,2-4,6,11H2,1H3/b12-9-,13-7-. The molecule has 13 heavy (non-hydrogen) atoms. The Morgan fingerprint density at radius 3 is 2.85 bits per heavy atom. The molecule has 0 spiro atoms. The van der Waals surface area contributed by atoms with Crippen LogP contribution >= 0.6 is 0 Å². The lowest BCUT2D eigenvalue weighted by Gasteiger charge is -1.95. The van der Waals surface area contributed by atoms with Crippen molar-refractivity contribution < 1.29 is 0 Å². The van der Waals surface area contributed by atoms with Crippen LogP contribution in [0.25, 0.3) is 0 Å². The predicted molar refractivity (Wildman–Crippen MR) is 54.6 cm³/mol. The third-order valence-corrected chi connectivity index (χ3v) is 1.24. The maximum absolute atomic E-state index is 8.32. The molecule has 0 saturated heterocycles.